The summed E-state index contributed by atoms with van der Waals surface area (Å²) < 4.78 is 1.54. The lowest BCUT2D eigenvalue weighted by atomic mass is 10.2. The van der Waals surface area contributed by atoms with E-state index in [9.17, 15) is 14.7 Å². The molecule has 28 heavy (non-hydrogen) atoms. The molecule has 0 unspecified atom stereocenters. The van der Waals surface area contributed by atoms with Gasteiger partial charge >= 0.3 is 5.97 Å². The molecule has 0 aliphatic carbocycles. The number of nitrogens with zero attached hydrogens (tertiary/aromatic N) is 4. The Bertz CT molecular complexity index is 1250. The van der Waals surface area contributed by atoms with Crippen molar-refractivity contribution in [3.8, 4) is 5.69 Å². The molecule has 3 N–H and O–H groups in total. The van der Waals surface area contributed by atoms with E-state index in [1.54, 1.807) is 31.2 Å². The summed E-state index contributed by atoms with van der Waals surface area (Å²) in [6.07, 6.45) is 1.47. The minimum atomic E-state index is -1.04. The number of carbonyl (C=O) groups is 1. The van der Waals surface area contributed by atoms with Crippen molar-refractivity contribution in [3.63, 3.8) is 0 Å². The van der Waals surface area contributed by atoms with Crippen LogP contribution in [0.25, 0.3) is 16.6 Å². The average Bonchev–Trinajstić information content (AvgIpc) is 2.97. The molecule has 0 fully saturated rings. The molecule has 0 atom stereocenters. The molecule has 3 heterocycles. The van der Waals surface area contributed by atoms with E-state index in [1.807, 2.05) is 6.92 Å². The van der Waals surface area contributed by atoms with Gasteiger partial charge in [0.2, 0.25) is 0 Å². The maximum Gasteiger partial charge on any atom is 0.335 e. The van der Waals surface area contributed by atoms with Crippen LogP contribution in [-0.2, 0) is 0 Å². The van der Waals surface area contributed by atoms with E-state index >= 15 is 0 Å². The summed E-state index contributed by atoms with van der Waals surface area (Å²) in [6.45, 7) is 3.67. The number of carboxylic acid groups (broad SMARTS) is 1. The second kappa shape index (κ2) is 6.62. The van der Waals surface area contributed by atoms with Gasteiger partial charge in [-0.3, -0.25) is 14.6 Å². The zero-order chi connectivity index (χ0) is 19.8. The molecule has 0 aliphatic rings. The lowest BCUT2D eigenvalue weighted by Gasteiger charge is -2.08. The average molecular weight is 376 g/mol. The first kappa shape index (κ1) is 17.4. The van der Waals surface area contributed by atoms with Gasteiger partial charge in [0.15, 0.2) is 0 Å². The monoisotopic (exact) mass is 376 g/mol. The first-order valence-corrected chi connectivity index (χ1v) is 8.44. The summed E-state index contributed by atoms with van der Waals surface area (Å²) in [5.74, 6) is 0.674. The third-order valence-corrected chi connectivity index (χ3v) is 4.15. The number of aromatic amines is 1. The largest absolute Gasteiger partial charge is 0.478 e. The Kier molecular flexibility index (Phi) is 4.11. The van der Waals surface area contributed by atoms with Crippen LogP contribution < -0.4 is 10.9 Å². The molecular formula is C19H16N6O3. The van der Waals surface area contributed by atoms with Crippen LogP contribution in [-0.4, -0.2) is 35.8 Å². The van der Waals surface area contributed by atoms with Crippen molar-refractivity contribution in [3.05, 3.63) is 70.0 Å². The molecule has 0 saturated carbocycles. The van der Waals surface area contributed by atoms with Crippen molar-refractivity contribution in [1.29, 1.82) is 0 Å². The lowest BCUT2D eigenvalue weighted by molar-refractivity contribution is 0.0697. The highest BCUT2D eigenvalue weighted by Gasteiger charge is 2.12. The van der Waals surface area contributed by atoms with Gasteiger partial charge in [-0.2, -0.15) is 0 Å². The first-order valence-electron chi connectivity index (χ1n) is 8.44. The second-order valence-corrected chi connectivity index (χ2v) is 6.29. The summed E-state index contributed by atoms with van der Waals surface area (Å²) >= 11 is 0. The molecule has 4 rings (SSSR count). The fourth-order valence-electron chi connectivity index (χ4n) is 2.99. The van der Waals surface area contributed by atoms with Crippen molar-refractivity contribution in [2.45, 2.75) is 13.8 Å². The van der Waals surface area contributed by atoms with E-state index in [4.69, 9.17) is 0 Å². The highest BCUT2D eigenvalue weighted by Crippen LogP contribution is 2.21. The number of pyridine rings is 1. The summed E-state index contributed by atoms with van der Waals surface area (Å²) in [5, 5.41) is 15.4. The van der Waals surface area contributed by atoms with E-state index < -0.39 is 5.97 Å². The van der Waals surface area contributed by atoms with Crippen LogP contribution in [0.2, 0.25) is 0 Å². The van der Waals surface area contributed by atoms with E-state index in [0.29, 0.717) is 34.1 Å². The van der Waals surface area contributed by atoms with Crippen molar-refractivity contribution in [2.75, 3.05) is 5.32 Å². The van der Waals surface area contributed by atoms with Crippen LogP contribution in [0.5, 0.6) is 0 Å². The van der Waals surface area contributed by atoms with Gasteiger partial charge in [0.25, 0.3) is 5.56 Å². The van der Waals surface area contributed by atoms with Crippen LogP contribution in [0.4, 0.5) is 11.6 Å². The van der Waals surface area contributed by atoms with Crippen LogP contribution in [0.15, 0.2) is 47.4 Å². The molecule has 3 aromatic heterocycles. The van der Waals surface area contributed by atoms with Gasteiger partial charge in [0.05, 0.1) is 22.2 Å². The maximum absolute atomic E-state index is 12.3. The highest BCUT2D eigenvalue weighted by molar-refractivity contribution is 5.89. The predicted molar refractivity (Wildman–Crippen MR) is 103 cm³/mol. The number of aryl methyl sites for hydroxylation is 2. The Morgan fingerprint density at radius 3 is 2.71 bits per heavy atom. The molecule has 0 spiro atoms. The number of carboxylic acids is 1. The number of H-pyrrole nitrogens is 1. The second-order valence-electron chi connectivity index (χ2n) is 6.29. The Labute approximate surface area is 158 Å². The summed E-state index contributed by atoms with van der Waals surface area (Å²) in [6, 6.07) is 9.81. The number of hydrogen-bond donors (Lipinski definition) is 3. The smallest absolute Gasteiger partial charge is 0.335 e. The lowest BCUT2D eigenvalue weighted by Crippen LogP contribution is -2.05. The van der Waals surface area contributed by atoms with Crippen molar-refractivity contribution in [2.24, 2.45) is 0 Å². The molecular weight excluding hydrogens is 360 g/mol. The number of anilines is 2. The van der Waals surface area contributed by atoms with Crippen molar-refractivity contribution >= 4 is 28.5 Å². The van der Waals surface area contributed by atoms with Gasteiger partial charge in [-0.15, -0.1) is 0 Å². The van der Waals surface area contributed by atoms with Gasteiger partial charge in [0, 0.05) is 24.0 Å². The molecule has 0 amide bonds. The van der Waals surface area contributed by atoms with Crippen LogP contribution in [0.1, 0.15) is 21.9 Å². The normalized spacial score (nSPS) is 10.9. The summed E-state index contributed by atoms with van der Waals surface area (Å²) in [4.78, 5) is 36.4. The van der Waals surface area contributed by atoms with Gasteiger partial charge < -0.3 is 10.4 Å². The molecule has 0 saturated heterocycles. The number of nitrogens with one attached hydrogen (secondary N) is 2. The molecule has 9 nitrogen and oxygen atoms in total. The maximum atomic E-state index is 12.3. The minimum Gasteiger partial charge on any atom is -0.478 e. The minimum absolute atomic E-state index is 0.125. The standard InChI is InChI=1S/C19H16N6O3/c1-10-6-17(22-11(2)21-10)23-16-8-15-14(9-20-16)18(26)24-25(15)13-5-3-4-12(7-13)19(27)28/h3-9H,1-2H3,(H,24,26)(H,27,28)(H,20,21,22,23). The topological polar surface area (TPSA) is 126 Å². The number of hydrogen-bond acceptors (Lipinski definition) is 6. The zero-order valence-corrected chi connectivity index (χ0v) is 15.1. The molecule has 9 heteroatoms. The zero-order valence-electron chi connectivity index (χ0n) is 15.1. The molecule has 0 aliphatic heterocycles. The van der Waals surface area contributed by atoms with E-state index in [-0.39, 0.29) is 11.1 Å². The number of aromatic nitrogens is 5. The van der Waals surface area contributed by atoms with Crippen LogP contribution >= 0.6 is 0 Å². The Morgan fingerprint density at radius 2 is 1.96 bits per heavy atom. The van der Waals surface area contributed by atoms with Gasteiger partial charge in [-0.05, 0) is 32.0 Å². The third kappa shape index (κ3) is 3.20. The van der Waals surface area contributed by atoms with Crippen LogP contribution in [0, 0.1) is 13.8 Å². The highest BCUT2D eigenvalue weighted by atomic mass is 16.4. The van der Waals surface area contributed by atoms with Crippen LogP contribution in [0.3, 0.4) is 0 Å². The quantitative estimate of drug-likeness (QED) is 0.500. The van der Waals surface area contributed by atoms with Gasteiger partial charge in [-0.1, -0.05) is 6.07 Å². The molecule has 0 bridgehead atoms. The Hall–Kier alpha value is -4.01. The summed E-state index contributed by atoms with van der Waals surface area (Å²) in [7, 11) is 0. The van der Waals surface area contributed by atoms with Gasteiger partial charge in [-0.25, -0.2) is 19.7 Å². The fourth-order valence-corrected chi connectivity index (χ4v) is 2.99. The molecule has 140 valence electrons. The summed E-state index contributed by atoms with van der Waals surface area (Å²) in [5.41, 5.74) is 1.72. The number of fused-ring (bicyclic) bond motifs is 1. The van der Waals surface area contributed by atoms with E-state index in [2.05, 4.69) is 25.4 Å². The fraction of sp³-hybridized carbons (Fsp3) is 0.105. The van der Waals surface area contributed by atoms with E-state index in [0.717, 1.165) is 5.69 Å². The Morgan fingerprint density at radius 1 is 1.14 bits per heavy atom. The molecule has 4 aromatic rings. The van der Waals surface area contributed by atoms with Crippen molar-refractivity contribution < 1.29 is 9.90 Å². The van der Waals surface area contributed by atoms with Crippen molar-refractivity contribution in [1.82, 2.24) is 24.7 Å². The number of rotatable bonds is 4. The third-order valence-electron chi connectivity index (χ3n) is 4.15. The number of benzene rings is 1. The Balaban J connectivity index is 1.81. The predicted octanol–water partition coefficient (Wildman–Crippen LogP) is 2.56. The van der Waals surface area contributed by atoms with E-state index in [1.165, 1.54) is 23.0 Å². The molecule has 1 aromatic carbocycles. The number of aromatic carboxylic acids is 1. The van der Waals surface area contributed by atoms with Gasteiger partial charge in [0.1, 0.15) is 17.5 Å². The first-order chi connectivity index (χ1) is 13.4. The SMILES string of the molecule is Cc1cc(Nc2cc3c(cn2)c(=O)[nH]n3-c2cccc(C(=O)O)c2)nc(C)n1. The molecule has 0 radical (unpaired) electrons.